The highest BCUT2D eigenvalue weighted by atomic mass is 16.5. The minimum atomic E-state index is 0.703. The van der Waals surface area contributed by atoms with Crippen LogP contribution in [-0.4, -0.2) is 50.3 Å². The van der Waals surface area contributed by atoms with Crippen LogP contribution >= 0.6 is 0 Å². The largest absolute Gasteiger partial charge is 0.380 e. The van der Waals surface area contributed by atoms with Crippen molar-refractivity contribution in [3.63, 3.8) is 0 Å². The Morgan fingerprint density at radius 3 is 2.61 bits per heavy atom. The SMILES string of the molecule is CC(C)CCOCCNCC1CCN(C(C)C)C1. The normalized spacial score (nSPS) is 21.3. The van der Waals surface area contributed by atoms with Crippen molar-refractivity contribution in [3.8, 4) is 0 Å². The molecule has 18 heavy (non-hydrogen) atoms. The Morgan fingerprint density at radius 2 is 2.00 bits per heavy atom. The fourth-order valence-electron chi connectivity index (χ4n) is 2.37. The zero-order chi connectivity index (χ0) is 13.4. The lowest BCUT2D eigenvalue weighted by atomic mass is 10.1. The van der Waals surface area contributed by atoms with E-state index in [0.717, 1.165) is 38.1 Å². The Kier molecular flexibility index (Phi) is 7.87. The van der Waals surface area contributed by atoms with E-state index < -0.39 is 0 Å². The van der Waals surface area contributed by atoms with Crippen LogP contribution < -0.4 is 5.32 Å². The Hall–Kier alpha value is -0.120. The number of rotatable bonds is 9. The van der Waals surface area contributed by atoms with Crippen molar-refractivity contribution in [2.75, 3.05) is 39.4 Å². The summed E-state index contributed by atoms with van der Waals surface area (Å²) in [7, 11) is 0. The minimum Gasteiger partial charge on any atom is -0.380 e. The molecule has 0 spiro atoms. The predicted octanol–water partition coefficient (Wildman–Crippen LogP) is 2.37. The summed E-state index contributed by atoms with van der Waals surface area (Å²) < 4.78 is 5.60. The van der Waals surface area contributed by atoms with E-state index in [4.69, 9.17) is 4.74 Å². The molecule has 1 fully saturated rings. The molecule has 3 heteroatoms. The van der Waals surface area contributed by atoms with Crippen LogP contribution in [0.3, 0.4) is 0 Å². The maximum Gasteiger partial charge on any atom is 0.0590 e. The molecule has 0 saturated carbocycles. The summed E-state index contributed by atoms with van der Waals surface area (Å²) >= 11 is 0. The van der Waals surface area contributed by atoms with Crippen molar-refractivity contribution in [2.45, 2.75) is 46.6 Å². The van der Waals surface area contributed by atoms with Crippen LogP contribution in [0.2, 0.25) is 0 Å². The van der Waals surface area contributed by atoms with Crippen molar-refractivity contribution >= 4 is 0 Å². The third-order valence-corrected chi connectivity index (χ3v) is 3.74. The molecule has 108 valence electrons. The summed E-state index contributed by atoms with van der Waals surface area (Å²) in [6.07, 6.45) is 2.52. The summed E-state index contributed by atoms with van der Waals surface area (Å²) in [6, 6.07) is 0.703. The van der Waals surface area contributed by atoms with E-state index in [-0.39, 0.29) is 0 Å². The Labute approximate surface area is 113 Å². The highest BCUT2D eigenvalue weighted by Gasteiger charge is 2.23. The average molecular weight is 256 g/mol. The first-order chi connectivity index (χ1) is 8.59. The van der Waals surface area contributed by atoms with Crippen molar-refractivity contribution in [2.24, 2.45) is 11.8 Å². The first kappa shape index (κ1) is 15.9. The van der Waals surface area contributed by atoms with Gasteiger partial charge in [0.1, 0.15) is 0 Å². The van der Waals surface area contributed by atoms with Crippen LogP contribution in [0.15, 0.2) is 0 Å². The van der Waals surface area contributed by atoms with Crippen molar-refractivity contribution in [1.29, 1.82) is 0 Å². The minimum absolute atomic E-state index is 0.703. The Morgan fingerprint density at radius 1 is 1.22 bits per heavy atom. The lowest BCUT2D eigenvalue weighted by Crippen LogP contribution is -2.31. The van der Waals surface area contributed by atoms with Crippen LogP contribution in [0.25, 0.3) is 0 Å². The molecule has 0 aliphatic carbocycles. The Balaban J connectivity index is 1.90. The summed E-state index contributed by atoms with van der Waals surface area (Å²) in [5, 5.41) is 3.52. The lowest BCUT2D eigenvalue weighted by Gasteiger charge is -2.20. The van der Waals surface area contributed by atoms with E-state index in [2.05, 4.69) is 37.9 Å². The van der Waals surface area contributed by atoms with Gasteiger partial charge in [0.25, 0.3) is 0 Å². The molecule has 1 N–H and O–H groups in total. The second-order valence-corrected chi connectivity index (χ2v) is 6.24. The molecule has 0 radical (unpaired) electrons. The number of nitrogens with one attached hydrogen (secondary N) is 1. The van der Waals surface area contributed by atoms with Gasteiger partial charge < -0.3 is 15.0 Å². The number of hydrogen-bond donors (Lipinski definition) is 1. The van der Waals surface area contributed by atoms with Gasteiger partial charge in [0.2, 0.25) is 0 Å². The number of ether oxygens (including phenoxy) is 1. The summed E-state index contributed by atoms with van der Waals surface area (Å²) in [6.45, 7) is 15.5. The van der Waals surface area contributed by atoms with Crippen molar-refractivity contribution in [3.05, 3.63) is 0 Å². The van der Waals surface area contributed by atoms with Crippen LogP contribution in [0, 0.1) is 11.8 Å². The molecule has 1 heterocycles. The first-order valence-corrected chi connectivity index (χ1v) is 7.62. The fraction of sp³-hybridized carbons (Fsp3) is 1.00. The van der Waals surface area contributed by atoms with Gasteiger partial charge in [0.15, 0.2) is 0 Å². The topological polar surface area (TPSA) is 24.5 Å². The first-order valence-electron chi connectivity index (χ1n) is 7.62. The van der Waals surface area contributed by atoms with Crippen molar-refractivity contribution in [1.82, 2.24) is 10.2 Å². The lowest BCUT2D eigenvalue weighted by molar-refractivity contribution is 0.124. The molecular formula is C15H32N2O. The fourth-order valence-corrected chi connectivity index (χ4v) is 2.37. The number of likely N-dealkylation sites (tertiary alicyclic amines) is 1. The van der Waals surface area contributed by atoms with E-state index in [0.29, 0.717) is 6.04 Å². The van der Waals surface area contributed by atoms with Gasteiger partial charge in [-0.2, -0.15) is 0 Å². The smallest absolute Gasteiger partial charge is 0.0590 e. The van der Waals surface area contributed by atoms with Crippen LogP contribution in [0.1, 0.15) is 40.5 Å². The van der Waals surface area contributed by atoms with Crippen molar-refractivity contribution < 1.29 is 4.74 Å². The molecule has 1 aliphatic heterocycles. The van der Waals surface area contributed by atoms with Gasteiger partial charge in [-0.3, -0.25) is 0 Å². The van der Waals surface area contributed by atoms with Crippen LogP contribution in [0.4, 0.5) is 0 Å². The molecule has 1 aliphatic rings. The molecule has 0 aromatic carbocycles. The second kappa shape index (κ2) is 8.89. The maximum absolute atomic E-state index is 5.60. The molecule has 1 saturated heterocycles. The molecule has 1 atom stereocenters. The molecule has 3 nitrogen and oxygen atoms in total. The van der Waals surface area contributed by atoms with Crippen LogP contribution in [0.5, 0.6) is 0 Å². The molecule has 1 rings (SSSR count). The van der Waals surface area contributed by atoms with Gasteiger partial charge in [-0.25, -0.2) is 0 Å². The van der Waals surface area contributed by atoms with Gasteiger partial charge >= 0.3 is 0 Å². The average Bonchev–Trinajstić information content (AvgIpc) is 2.76. The van der Waals surface area contributed by atoms with E-state index in [1.807, 2.05) is 0 Å². The van der Waals surface area contributed by atoms with Gasteiger partial charge in [-0.15, -0.1) is 0 Å². The van der Waals surface area contributed by atoms with E-state index in [1.54, 1.807) is 0 Å². The summed E-state index contributed by atoms with van der Waals surface area (Å²) in [5.41, 5.74) is 0. The van der Waals surface area contributed by atoms with E-state index in [9.17, 15) is 0 Å². The third kappa shape index (κ3) is 6.72. The molecule has 0 aromatic rings. The standard InChI is InChI=1S/C15H32N2O/c1-13(2)6-9-18-10-7-16-11-15-5-8-17(12-15)14(3)4/h13-16H,5-12H2,1-4H3. The monoisotopic (exact) mass is 256 g/mol. The summed E-state index contributed by atoms with van der Waals surface area (Å²) in [4.78, 5) is 2.57. The van der Waals surface area contributed by atoms with Gasteiger partial charge in [0.05, 0.1) is 6.61 Å². The summed E-state index contributed by atoms with van der Waals surface area (Å²) in [5.74, 6) is 1.58. The quantitative estimate of drug-likeness (QED) is 0.641. The molecular weight excluding hydrogens is 224 g/mol. The van der Waals surface area contributed by atoms with E-state index in [1.165, 1.54) is 25.9 Å². The van der Waals surface area contributed by atoms with E-state index >= 15 is 0 Å². The molecule has 0 amide bonds. The van der Waals surface area contributed by atoms with Crippen LogP contribution in [-0.2, 0) is 4.74 Å². The Bertz CT molecular complexity index is 207. The second-order valence-electron chi connectivity index (χ2n) is 6.24. The maximum atomic E-state index is 5.60. The predicted molar refractivity (Wildman–Crippen MR) is 78.0 cm³/mol. The zero-order valence-corrected chi connectivity index (χ0v) is 12.7. The molecule has 0 aromatic heterocycles. The molecule has 1 unspecified atom stereocenters. The van der Waals surface area contributed by atoms with Gasteiger partial charge in [-0.05, 0) is 51.6 Å². The number of nitrogens with zero attached hydrogens (tertiary/aromatic N) is 1. The van der Waals surface area contributed by atoms with Gasteiger partial charge in [-0.1, -0.05) is 13.8 Å². The molecule has 0 bridgehead atoms. The van der Waals surface area contributed by atoms with Gasteiger partial charge in [0, 0.05) is 25.7 Å². The highest BCUT2D eigenvalue weighted by Crippen LogP contribution is 2.17. The third-order valence-electron chi connectivity index (χ3n) is 3.74. The number of hydrogen-bond acceptors (Lipinski definition) is 3. The highest BCUT2D eigenvalue weighted by molar-refractivity contribution is 4.78. The zero-order valence-electron chi connectivity index (χ0n) is 12.7.